The van der Waals surface area contributed by atoms with E-state index in [0.29, 0.717) is 24.4 Å². The first-order valence-electron chi connectivity index (χ1n) is 14.1. The molecule has 0 radical (unpaired) electrons. The molecule has 4 aliphatic rings. The fourth-order valence-electron chi connectivity index (χ4n) is 6.40. The van der Waals surface area contributed by atoms with Gasteiger partial charge in [0, 0.05) is 43.9 Å². The minimum absolute atomic E-state index is 0.0123. The van der Waals surface area contributed by atoms with E-state index in [2.05, 4.69) is 39.8 Å². The first kappa shape index (κ1) is 25.6. The number of likely N-dealkylation sites (tertiary alicyclic amines) is 2. The van der Waals surface area contributed by atoms with Gasteiger partial charge in [-0.05, 0) is 86.0 Å². The molecule has 1 atom stereocenters. The normalized spacial score (nSPS) is 22.3. The van der Waals surface area contributed by atoms with Crippen LogP contribution in [0, 0.1) is 0 Å². The first-order valence-corrected chi connectivity index (χ1v) is 14.1. The Morgan fingerprint density at radius 1 is 0.949 bits per heavy atom. The topological polar surface area (TPSA) is 102 Å². The third-order valence-electron chi connectivity index (χ3n) is 8.58. The van der Waals surface area contributed by atoms with Crippen molar-refractivity contribution in [1.82, 2.24) is 20.0 Å². The maximum absolute atomic E-state index is 13.0. The van der Waals surface area contributed by atoms with Crippen LogP contribution < -0.4 is 10.6 Å². The van der Waals surface area contributed by atoms with Gasteiger partial charge in [0.15, 0.2) is 0 Å². The number of carbonyl (C=O) groups excluding carboxylic acids is 4. The monoisotopic (exact) mass is 529 g/mol. The van der Waals surface area contributed by atoms with Crippen LogP contribution >= 0.6 is 0 Å². The molecule has 2 aromatic rings. The van der Waals surface area contributed by atoms with Crippen molar-refractivity contribution in [2.75, 3.05) is 31.5 Å². The molecule has 204 valence electrons. The fourth-order valence-corrected chi connectivity index (χ4v) is 6.40. The van der Waals surface area contributed by atoms with Crippen molar-refractivity contribution in [2.24, 2.45) is 0 Å². The molecule has 0 aliphatic carbocycles. The van der Waals surface area contributed by atoms with Gasteiger partial charge in [0.25, 0.3) is 5.91 Å². The van der Waals surface area contributed by atoms with Crippen molar-refractivity contribution in [3.63, 3.8) is 0 Å². The lowest BCUT2D eigenvalue weighted by Crippen LogP contribution is -2.52. The fraction of sp³-hybridized carbons (Fsp3) is 0.467. The highest BCUT2D eigenvalue weighted by Gasteiger charge is 2.39. The lowest BCUT2D eigenvalue weighted by Gasteiger charge is -2.32. The van der Waals surface area contributed by atoms with Gasteiger partial charge in [0.2, 0.25) is 11.8 Å². The summed E-state index contributed by atoms with van der Waals surface area (Å²) in [6.45, 7) is 4.89. The van der Waals surface area contributed by atoms with E-state index in [0.717, 1.165) is 69.7 Å². The maximum Gasteiger partial charge on any atom is 0.321 e. The van der Waals surface area contributed by atoms with E-state index in [9.17, 15) is 19.2 Å². The van der Waals surface area contributed by atoms with Crippen LogP contribution in [-0.2, 0) is 22.7 Å². The minimum Gasteiger partial charge on any atom is -0.325 e. The Morgan fingerprint density at radius 3 is 2.51 bits per heavy atom. The molecule has 39 heavy (non-hydrogen) atoms. The molecule has 3 fully saturated rings. The van der Waals surface area contributed by atoms with E-state index in [4.69, 9.17) is 0 Å². The summed E-state index contributed by atoms with van der Waals surface area (Å²) in [5, 5.41) is 5.41. The van der Waals surface area contributed by atoms with Crippen LogP contribution in [0.25, 0.3) is 0 Å². The number of fused-ring (bicyclic) bond motifs is 1. The second-order valence-electron chi connectivity index (χ2n) is 11.2. The third kappa shape index (κ3) is 5.41. The van der Waals surface area contributed by atoms with E-state index < -0.39 is 6.04 Å². The summed E-state index contributed by atoms with van der Waals surface area (Å²) >= 11 is 0. The largest absolute Gasteiger partial charge is 0.325 e. The van der Waals surface area contributed by atoms with Gasteiger partial charge in [-0.15, -0.1) is 0 Å². The van der Waals surface area contributed by atoms with Crippen molar-refractivity contribution in [3.05, 3.63) is 64.7 Å². The number of amides is 5. The quantitative estimate of drug-likeness (QED) is 0.578. The molecule has 4 aliphatic heterocycles. The molecule has 9 heteroatoms. The zero-order chi connectivity index (χ0) is 26.9. The van der Waals surface area contributed by atoms with Gasteiger partial charge in [-0.25, -0.2) is 4.79 Å². The number of benzene rings is 2. The van der Waals surface area contributed by atoms with Crippen LogP contribution in [0.4, 0.5) is 10.5 Å². The number of carbonyl (C=O) groups is 4. The molecular formula is C30H35N5O4. The van der Waals surface area contributed by atoms with Gasteiger partial charge in [-0.1, -0.05) is 24.3 Å². The van der Waals surface area contributed by atoms with Crippen LogP contribution in [0.5, 0.6) is 0 Å². The number of rotatable bonds is 5. The summed E-state index contributed by atoms with van der Waals surface area (Å²) in [5.41, 5.74) is 4.92. The molecule has 3 saturated heterocycles. The highest BCUT2D eigenvalue weighted by atomic mass is 16.2. The molecule has 2 N–H and O–H groups in total. The summed E-state index contributed by atoms with van der Waals surface area (Å²) in [5.74, 6) is -0.345. The predicted octanol–water partition coefficient (Wildman–Crippen LogP) is 3.45. The zero-order valence-electron chi connectivity index (χ0n) is 22.2. The Balaban J connectivity index is 1.04. The van der Waals surface area contributed by atoms with E-state index in [-0.39, 0.29) is 30.2 Å². The van der Waals surface area contributed by atoms with Gasteiger partial charge in [-0.3, -0.25) is 24.6 Å². The SMILES string of the molecule is O=C1CCC(N2Cc3cc(C4CCN(Cc5cccc(NC(=O)N6CCCC6)c5)CC4)ccc3C2=O)C(=O)N1. The van der Waals surface area contributed by atoms with Crippen molar-refractivity contribution in [1.29, 1.82) is 0 Å². The van der Waals surface area contributed by atoms with Crippen LogP contribution in [-0.4, -0.2) is 70.7 Å². The molecule has 9 nitrogen and oxygen atoms in total. The van der Waals surface area contributed by atoms with Gasteiger partial charge < -0.3 is 15.1 Å². The van der Waals surface area contributed by atoms with Gasteiger partial charge in [0.1, 0.15) is 6.04 Å². The number of piperidine rings is 2. The summed E-state index contributed by atoms with van der Waals surface area (Å²) < 4.78 is 0. The number of urea groups is 1. The van der Waals surface area contributed by atoms with Crippen LogP contribution in [0.3, 0.4) is 0 Å². The van der Waals surface area contributed by atoms with E-state index in [1.807, 2.05) is 23.1 Å². The summed E-state index contributed by atoms with van der Waals surface area (Å²) in [6, 6.07) is 13.7. The standard InChI is InChI=1S/C30H35N5O4/c36-27-9-8-26(28(37)32-27)35-19-23-17-22(6-7-25(23)29(35)38)21-10-14-33(15-11-21)18-20-4-3-5-24(16-20)31-30(39)34-12-1-2-13-34/h3-7,16-17,21,26H,1-2,8-15,18-19H2,(H,31,39)(H,32,36,37). The smallest absolute Gasteiger partial charge is 0.321 e. The predicted molar refractivity (Wildman–Crippen MR) is 146 cm³/mol. The lowest BCUT2D eigenvalue weighted by atomic mass is 9.87. The van der Waals surface area contributed by atoms with E-state index in [1.165, 1.54) is 11.1 Å². The van der Waals surface area contributed by atoms with Crippen molar-refractivity contribution in [3.8, 4) is 0 Å². The minimum atomic E-state index is -0.582. The van der Waals surface area contributed by atoms with Crippen LogP contribution in [0.2, 0.25) is 0 Å². The molecule has 4 heterocycles. The van der Waals surface area contributed by atoms with Crippen molar-refractivity contribution in [2.45, 2.75) is 63.6 Å². The second kappa shape index (κ2) is 10.8. The molecule has 2 aromatic carbocycles. The Labute approximate surface area is 228 Å². The number of imide groups is 1. The summed E-state index contributed by atoms with van der Waals surface area (Å²) in [7, 11) is 0. The van der Waals surface area contributed by atoms with E-state index >= 15 is 0 Å². The third-order valence-corrected chi connectivity index (χ3v) is 8.58. The van der Waals surface area contributed by atoms with Crippen molar-refractivity contribution >= 4 is 29.4 Å². The Morgan fingerprint density at radius 2 is 1.74 bits per heavy atom. The van der Waals surface area contributed by atoms with Crippen LogP contribution in [0.15, 0.2) is 42.5 Å². The molecule has 6 rings (SSSR count). The van der Waals surface area contributed by atoms with Gasteiger partial charge in [0.05, 0.1) is 0 Å². The Kier molecular flexibility index (Phi) is 7.08. The average molecular weight is 530 g/mol. The number of hydrogen-bond donors (Lipinski definition) is 2. The Bertz CT molecular complexity index is 1300. The molecule has 1 unspecified atom stereocenters. The number of nitrogens with zero attached hydrogens (tertiary/aromatic N) is 3. The molecular weight excluding hydrogens is 494 g/mol. The summed E-state index contributed by atoms with van der Waals surface area (Å²) in [4.78, 5) is 55.3. The van der Waals surface area contributed by atoms with Gasteiger partial charge >= 0.3 is 6.03 Å². The zero-order valence-corrected chi connectivity index (χ0v) is 22.2. The molecule has 0 saturated carbocycles. The van der Waals surface area contributed by atoms with Crippen LogP contribution in [0.1, 0.15) is 71.5 Å². The molecule has 0 spiro atoms. The second-order valence-corrected chi connectivity index (χ2v) is 11.2. The Hall–Kier alpha value is -3.72. The number of hydrogen-bond acceptors (Lipinski definition) is 5. The molecule has 0 aromatic heterocycles. The summed E-state index contributed by atoms with van der Waals surface area (Å²) in [6.07, 6.45) is 4.87. The highest BCUT2D eigenvalue weighted by molar-refractivity contribution is 6.05. The number of nitrogens with one attached hydrogen (secondary N) is 2. The number of anilines is 1. The van der Waals surface area contributed by atoms with E-state index in [1.54, 1.807) is 4.90 Å². The highest BCUT2D eigenvalue weighted by Crippen LogP contribution is 2.34. The molecule has 5 amide bonds. The van der Waals surface area contributed by atoms with Gasteiger partial charge in [-0.2, -0.15) is 0 Å². The first-order chi connectivity index (χ1) is 18.9. The average Bonchev–Trinajstić information content (AvgIpc) is 3.58. The maximum atomic E-state index is 13.0. The molecule has 0 bridgehead atoms. The van der Waals surface area contributed by atoms with Crippen molar-refractivity contribution < 1.29 is 19.2 Å². The lowest BCUT2D eigenvalue weighted by molar-refractivity contribution is -0.136.